The van der Waals surface area contributed by atoms with Gasteiger partial charge in [-0.3, -0.25) is 14.4 Å². The molecule has 6 nitrogen and oxygen atoms in total. The summed E-state index contributed by atoms with van der Waals surface area (Å²) in [5.41, 5.74) is 6.25. The number of fused-ring (bicyclic) bond motifs is 2. The number of carbonyl (C=O) groups excluding carboxylic acids is 1. The molecule has 186 valence electrons. The number of nitrogens with zero attached hydrogens (tertiary/aromatic N) is 3. The summed E-state index contributed by atoms with van der Waals surface area (Å²) >= 11 is 0. The first-order valence-electron chi connectivity index (χ1n) is 12.9. The Kier molecular flexibility index (Phi) is 7.44. The maximum atomic E-state index is 13.3. The second-order valence-corrected chi connectivity index (χ2v) is 9.57. The standard InChI is InChI=1S/C30H34N4O2/c1-2-6-22-11-13-23(14-12-22)20-33-16-15-28-27(21-33)29(32-34(28)17-18-35)30(36)31-19-25-9-5-8-24-7-3-4-10-26(24)25/h3-5,7-14,35H,2,6,15-21H2,1H3,(H,31,36). The lowest BCUT2D eigenvalue weighted by Crippen LogP contribution is -2.32. The van der Waals surface area contributed by atoms with E-state index in [2.05, 4.69) is 70.8 Å². The fourth-order valence-electron chi connectivity index (χ4n) is 5.21. The van der Waals surface area contributed by atoms with Gasteiger partial charge in [0.15, 0.2) is 5.69 Å². The number of hydrogen-bond acceptors (Lipinski definition) is 4. The van der Waals surface area contributed by atoms with Crippen molar-refractivity contribution in [3.05, 3.63) is 100 Å². The van der Waals surface area contributed by atoms with Gasteiger partial charge in [0, 0.05) is 43.9 Å². The Labute approximate surface area is 212 Å². The van der Waals surface area contributed by atoms with E-state index in [0.29, 0.717) is 25.3 Å². The average molecular weight is 483 g/mol. The molecule has 4 aromatic rings. The van der Waals surface area contributed by atoms with E-state index in [1.165, 1.54) is 11.1 Å². The van der Waals surface area contributed by atoms with E-state index < -0.39 is 0 Å². The van der Waals surface area contributed by atoms with Gasteiger partial charge in [0.1, 0.15) is 0 Å². The third-order valence-corrected chi connectivity index (χ3v) is 7.03. The number of hydrogen-bond donors (Lipinski definition) is 2. The van der Waals surface area contributed by atoms with Gasteiger partial charge in [-0.25, -0.2) is 0 Å². The van der Waals surface area contributed by atoms with Crippen LogP contribution in [-0.4, -0.2) is 38.8 Å². The van der Waals surface area contributed by atoms with Crippen molar-refractivity contribution in [2.45, 2.75) is 52.4 Å². The molecule has 5 rings (SSSR count). The highest BCUT2D eigenvalue weighted by atomic mass is 16.3. The Hall–Kier alpha value is -3.48. The maximum Gasteiger partial charge on any atom is 0.272 e. The van der Waals surface area contributed by atoms with Crippen LogP contribution in [-0.2, 0) is 39.0 Å². The first-order valence-corrected chi connectivity index (χ1v) is 12.9. The van der Waals surface area contributed by atoms with E-state index in [9.17, 15) is 9.90 Å². The number of amides is 1. The summed E-state index contributed by atoms with van der Waals surface area (Å²) in [6.45, 7) is 5.46. The van der Waals surface area contributed by atoms with Crippen LogP contribution >= 0.6 is 0 Å². The zero-order valence-electron chi connectivity index (χ0n) is 20.9. The molecule has 1 aromatic heterocycles. The van der Waals surface area contributed by atoms with Crippen LogP contribution in [0.1, 0.15) is 51.8 Å². The molecule has 0 aliphatic carbocycles. The average Bonchev–Trinajstić information content (AvgIpc) is 3.26. The Balaban J connectivity index is 1.33. The first-order chi connectivity index (χ1) is 17.7. The minimum Gasteiger partial charge on any atom is -0.394 e. The summed E-state index contributed by atoms with van der Waals surface area (Å²) in [4.78, 5) is 15.7. The number of aliphatic hydroxyl groups is 1. The van der Waals surface area contributed by atoms with Crippen LogP contribution in [0.2, 0.25) is 0 Å². The molecule has 0 bridgehead atoms. The van der Waals surface area contributed by atoms with Gasteiger partial charge in [-0.2, -0.15) is 5.10 Å². The molecule has 6 heteroatoms. The van der Waals surface area contributed by atoms with Crippen LogP contribution in [0.25, 0.3) is 10.8 Å². The summed E-state index contributed by atoms with van der Waals surface area (Å²) in [6.07, 6.45) is 3.07. The molecule has 36 heavy (non-hydrogen) atoms. The van der Waals surface area contributed by atoms with Gasteiger partial charge >= 0.3 is 0 Å². The molecule has 0 spiro atoms. The third-order valence-electron chi connectivity index (χ3n) is 7.03. The molecule has 0 fully saturated rings. The Morgan fingerprint density at radius 1 is 1.03 bits per heavy atom. The topological polar surface area (TPSA) is 70.4 Å². The van der Waals surface area contributed by atoms with Gasteiger partial charge < -0.3 is 10.4 Å². The molecule has 0 radical (unpaired) electrons. The van der Waals surface area contributed by atoms with E-state index in [1.807, 2.05) is 22.9 Å². The highest BCUT2D eigenvalue weighted by molar-refractivity contribution is 5.94. The number of nitrogens with one attached hydrogen (secondary N) is 1. The molecule has 0 unspecified atom stereocenters. The SMILES string of the molecule is CCCc1ccc(CN2CCc3c(c(C(=O)NCc4cccc5ccccc45)nn3CCO)C2)cc1. The van der Waals surface area contributed by atoms with Crippen LogP contribution in [0.3, 0.4) is 0 Å². The molecule has 1 aliphatic rings. The predicted octanol–water partition coefficient (Wildman–Crippen LogP) is 4.47. The summed E-state index contributed by atoms with van der Waals surface area (Å²) in [7, 11) is 0. The number of aliphatic hydroxyl groups excluding tert-OH is 1. The molecule has 1 aliphatic heterocycles. The summed E-state index contributed by atoms with van der Waals surface area (Å²) in [6, 6.07) is 23.2. The van der Waals surface area contributed by atoms with E-state index in [-0.39, 0.29) is 12.5 Å². The first kappa shape index (κ1) is 24.2. The molecule has 2 heterocycles. The molecular formula is C30H34N4O2. The van der Waals surface area contributed by atoms with Crippen LogP contribution in [0, 0.1) is 0 Å². The molecule has 0 atom stereocenters. The molecule has 0 saturated carbocycles. The van der Waals surface area contributed by atoms with E-state index in [4.69, 9.17) is 0 Å². The van der Waals surface area contributed by atoms with Crippen LogP contribution < -0.4 is 5.32 Å². The van der Waals surface area contributed by atoms with Crippen molar-refractivity contribution in [3.63, 3.8) is 0 Å². The van der Waals surface area contributed by atoms with Gasteiger partial charge in [-0.15, -0.1) is 0 Å². The normalized spacial score (nSPS) is 13.6. The third kappa shape index (κ3) is 5.20. The molecule has 2 N–H and O–H groups in total. The lowest BCUT2D eigenvalue weighted by molar-refractivity contribution is 0.0942. The maximum absolute atomic E-state index is 13.3. The summed E-state index contributed by atoms with van der Waals surface area (Å²) in [5, 5.41) is 19.6. The second kappa shape index (κ2) is 11.1. The smallest absolute Gasteiger partial charge is 0.272 e. The minimum atomic E-state index is -0.165. The van der Waals surface area contributed by atoms with Gasteiger partial charge in [0.05, 0.1) is 13.2 Å². The Morgan fingerprint density at radius 2 is 1.81 bits per heavy atom. The number of benzene rings is 3. The number of aryl methyl sites for hydroxylation is 1. The van der Waals surface area contributed by atoms with Gasteiger partial charge in [0.25, 0.3) is 5.91 Å². The zero-order chi connectivity index (χ0) is 24.9. The van der Waals surface area contributed by atoms with E-state index >= 15 is 0 Å². The van der Waals surface area contributed by atoms with Crippen LogP contribution in [0.15, 0.2) is 66.7 Å². The van der Waals surface area contributed by atoms with Gasteiger partial charge in [-0.05, 0) is 33.9 Å². The van der Waals surface area contributed by atoms with Crippen molar-refractivity contribution >= 4 is 16.7 Å². The van der Waals surface area contributed by atoms with Crippen molar-refractivity contribution in [1.82, 2.24) is 20.0 Å². The van der Waals surface area contributed by atoms with E-state index in [0.717, 1.165) is 59.9 Å². The highest BCUT2D eigenvalue weighted by Gasteiger charge is 2.28. The number of carbonyl (C=O) groups is 1. The fourth-order valence-corrected chi connectivity index (χ4v) is 5.21. The van der Waals surface area contributed by atoms with Crippen molar-refractivity contribution in [2.75, 3.05) is 13.2 Å². The van der Waals surface area contributed by atoms with E-state index in [1.54, 1.807) is 0 Å². The quantitative estimate of drug-likeness (QED) is 0.369. The predicted molar refractivity (Wildman–Crippen MR) is 143 cm³/mol. The highest BCUT2D eigenvalue weighted by Crippen LogP contribution is 2.25. The summed E-state index contributed by atoms with van der Waals surface area (Å²) < 4.78 is 1.82. The zero-order valence-corrected chi connectivity index (χ0v) is 20.9. The van der Waals surface area contributed by atoms with Crippen molar-refractivity contribution in [1.29, 1.82) is 0 Å². The lowest BCUT2D eigenvalue weighted by Gasteiger charge is -2.27. The summed E-state index contributed by atoms with van der Waals surface area (Å²) in [5.74, 6) is -0.165. The van der Waals surface area contributed by atoms with Crippen molar-refractivity contribution in [2.24, 2.45) is 0 Å². The molecule has 0 saturated heterocycles. The largest absolute Gasteiger partial charge is 0.394 e. The van der Waals surface area contributed by atoms with Gasteiger partial charge in [0.2, 0.25) is 0 Å². The second-order valence-electron chi connectivity index (χ2n) is 9.57. The minimum absolute atomic E-state index is 0.000985. The fraction of sp³-hybridized carbons (Fsp3) is 0.333. The molecule has 3 aromatic carbocycles. The monoisotopic (exact) mass is 482 g/mol. The van der Waals surface area contributed by atoms with Crippen LogP contribution in [0.4, 0.5) is 0 Å². The number of aromatic nitrogens is 2. The van der Waals surface area contributed by atoms with Crippen LogP contribution in [0.5, 0.6) is 0 Å². The molecule has 1 amide bonds. The number of rotatable bonds is 9. The Bertz CT molecular complexity index is 1340. The lowest BCUT2D eigenvalue weighted by atomic mass is 10.0. The van der Waals surface area contributed by atoms with Gasteiger partial charge in [-0.1, -0.05) is 80.1 Å². The molecular weight excluding hydrogens is 448 g/mol. The van der Waals surface area contributed by atoms with Crippen molar-refractivity contribution in [3.8, 4) is 0 Å². The van der Waals surface area contributed by atoms with Crippen molar-refractivity contribution < 1.29 is 9.90 Å². The Morgan fingerprint density at radius 3 is 2.61 bits per heavy atom.